The standard InChI is InChI=1S/C34H49ClN6O7/c1-5-6-19-34(36,31(44)45)41-32(46)39-27(14-10-11-20-37-33(47)48-21-24-12-8-7-9-13-24)29(42)40-28(22(2)3)30(43)38-23(4)25-15-17-26(35)18-16-25/h7-9,12-13,15-18,22-23,27-28H,5-6,10-11,14,19-21,36H2,1-4H3,(H,37,47)(H,38,43)(H,40,42)(H,44,45)(H2,39,41,46)/t23-,27+,28-,34?/m0/s1. The van der Waals surface area contributed by atoms with Crippen LogP contribution in [0.1, 0.15) is 83.4 Å². The van der Waals surface area contributed by atoms with E-state index in [4.69, 9.17) is 22.1 Å². The van der Waals surface area contributed by atoms with Crippen LogP contribution in [0.15, 0.2) is 54.6 Å². The molecule has 2 rings (SSSR count). The Balaban J connectivity index is 2.06. The van der Waals surface area contributed by atoms with Gasteiger partial charge in [0, 0.05) is 11.6 Å². The van der Waals surface area contributed by atoms with Crippen molar-refractivity contribution in [3.63, 3.8) is 0 Å². The third-order valence-electron chi connectivity index (χ3n) is 7.64. The summed E-state index contributed by atoms with van der Waals surface area (Å²) < 4.78 is 5.21. The van der Waals surface area contributed by atoms with Gasteiger partial charge in [-0.1, -0.05) is 81.3 Å². The number of carbonyl (C=O) groups excluding carboxylic acids is 4. The van der Waals surface area contributed by atoms with Gasteiger partial charge in [-0.2, -0.15) is 0 Å². The highest BCUT2D eigenvalue weighted by atomic mass is 35.5. The fraction of sp³-hybridized carbons (Fsp3) is 0.500. The minimum absolute atomic E-state index is 0.0173. The molecular weight excluding hydrogens is 640 g/mol. The monoisotopic (exact) mass is 688 g/mol. The van der Waals surface area contributed by atoms with E-state index in [0.717, 1.165) is 11.1 Å². The Kier molecular flexibility index (Phi) is 16.7. The van der Waals surface area contributed by atoms with Crippen LogP contribution in [-0.4, -0.2) is 59.3 Å². The zero-order chi connectivity index (χ0) is 35.7. The van der Waals surface area contributed by atoms with Crippen LogP contribution in [0.3, 0.4) is 0 Å². The van der Waals surface area contributed by atoms with Gasteiger partial charge >= 0.3 is 18.1 Å². The van der Waals surface area contributed by atoms with Crippen molar-refractivity contribution >= 4 is 41.5 Å². The summed E-state index contributed by atoms with van der Waals surface area (Å²) in [6, 6.07) is 12.8. The summed E-state index contributed by atoms with van der Waals surface area (Å²) in [6.07, 6.45) is 1.43. The molecule has 1 unspecified atom stereocenters. The van der Waals surface area contributed by atoms with Gasteiger partial charge in [-0.05, 0) is 68.2 Å². The van der Waals surface area contributed by atoms with Crippen LogP contribution in [0.4, 0.5) is 9.59 Å². The van der Waals surface area contributed by atoms with Crippen molar-refractivity contribution in [2.24, 2.45) is 11.7 Å². The topological polar surface area (TPSA) is 201 Å². The van der Waals surface area contributed by atoms with Crippen molar-refractivity contribution in [2.75, 3.05) is 6.54 Å². The van der Waals surface area contributed by atoms with E-state index in [2.05, 4.69) is 26.6 Å². The van der Waals surface area contributed by atoms with Crippen molar-refractivity contribution in [3.8, 4) is 0 Å². The minimum atomic E-state index is -2.04. The number of ether oxygens (including phenoxy) is 1. The summed E-state index contributed by atoms with van der Waals surface area (Å²) in [6.45, 7) is 7.58. The average Bonchev–Trinajstić information content (AvgIpc) is 3.04. The molecule has 0 heterocycles. The van der Waals surface area contributed by atoms with Crippen LogP contribution >= 0.6 is 11.6 Å². The molecule has 0 aromatic heterocycles. The molecule has 0 radical (unpaired) electrons. The van der Waals surface area contributed by atoms with Crippen molar-refractivity contribution in [1.29, 1.82) is 0 Å². The number of nitrogens with one attached hydrogen (secondary N) is 5. The summed E-state index contributed by atoms with van der Waals surface area (Å²) in [7, 11) is 0. The lowest BCUT2D eigenvalue weighted by Crippen LogP contribution is -2.65. The number of aliphatic carboxylic acids is 1. The number of carboxylic acid groups (broad SMARTS) is 1. The molecule has 0 aliphatic rings. The predicted molar refractivity (Wildman–Crippen MR) is 183 cm³/mol. The van der Waals surface area contributed by atoms with E-state index in [1.54, 1.807) is 45.0 Å². The van der Waals surface area contributed by atoms with Gasteiger partial charge in [0.2, 0.25) is 11.8 Å². The van der Waals surface area contributed by atoms with Crippen molar-refractivity contribution in [1.82, 2.24) is 26.6 Å². The molecule has 264 valence electrons. The van der Waals surface area contributed by atoms with Gasteiger partial charge < -0.3 is 36.4 Å². The number of hydrogen-bond donors (Lipinski definition) is 7. The van der Waals surface area contributed by atoms with Crippen LogP contribution in [0.25, 0.3) is 0 Å². The van der Waals surface area contributed by atoms with Gasteiger partial charge in [-0.3, -0.25) is 15.3 Å². The third-order valence-corrected chi connectivity index (χ3v) is 7.89. The van der Waals surface area contributed by atoms with E-state index in [1.165, 1.54) is 0 Å². The second-order valence-corrected chi connectivity index (χ2v) is 12.5. The Bertz CT molecular complexity index is 1350. The second kappa shape index (κ2) is 20.1. The first-order valence-electron chi connectivity index (χ1n) is 16.2. The molecule has 13 nitrogen and oxygen atoms in total. The maximum atomic E-state index is 13.6. The smallest absolute Gasteiger partial charge is 0.407 e. The molecule has 8 N–H and O–H groups in total. The lowest BCUT2D eigenvalue weighted by atomic mass is 10.0. The van der Waals surface area contributed by atoms with Crippen LogP contribution in [-0.2, 0) is 25.7 Å². The highest BCUT2D eigenvalue weighted by Gasteiger charge is 2.36. The first-order valence-corrected chi connectivity index (χ1v) is 16.5. The van der Waals surface area contributed by atoms with Gasteiger partial charge in [-0.15, -0.1) is 0 Å². The maximum Gasteiger partial charge on any atom is 0.407 e. The van der Waals surface area contributed by atoms with E-state index >= 15 is 0 Å². The SMILES string of the molecule is CCCCC(N)(NC(=O)N[C@H](CCCCNC(=O)OCc1ccccc1)C(=O)N[C@H](C(=O)N[C@@H](C)c1ccc(Cl)cc1)C(C)C)C(=O)O. The van der Waals surface area contributed by atoms with Gasteiger partial charge in [0.1, 0.15) is 18.7 Å². The summed E-state index contributed by atoms with van der Waals surface area (Å²) in [5.41, 5.74) is 5.62. The number of rotatable bonds is 19. The fourth-order valence-electron chi connectivity index (χ4n) is 4.71. The quantitative estimate of drug-likeness (QED) is 0.0834. The number of unbranched alkanes of at least 4 members (excludes halogenated alkanes) is 2. The zero-order valence-electron chi connectivity index (χ0n) is 28.0. The van der Waals surface area contributed by atoms with Crippen molar-refractivity contribution in [2.45, 2.75) is 96.6 Å². The molecule has 0 saturated heterocycles. The predicted octanol–water partition coefficient (Wildman–Crippen LogP) is 4.35. The van der Waals surface area contributed by atoms with Crippen LogP contribution < -0.4 is 32.3 Å². The van der Waals surface area contributed by atoms with E-state index in [1.807, 2.05) is 37.3 Å². The molecule has 0 fully saturated rings. The Morgan fingerprint density at radius 2 is 1.56 bits per heavy atom. The van der Waals surface area contributed by atoms with E-state index in [0.29, 0.717) is 30.7 Å². The Morgan fingerprint density at radius 3 is 2.17 bits per heavy atom. The lowest BCUT2D eigenvalue weighted by Gasteiger charge is -2.29. The molecule has 2 aromatic carbocycles. The van der Waals surface area contributed by atoms with Gasteiger partial charge in [0.25, 0.3) is 0 Å². The number of nitrogens with two attached hydrogens (primary N) is 1. The average molecular weight is 689 g/mol. The number of carbonyl (C=O) groups is 5. The molecule has 4 atom stereocenters. The van der Waals surface area contributed by atoms with Gasteiger partial charge in [0.15, 0.2) is 5.66 Å². The number of halogens is 1. The molecule has 0 aliphatic heterocycles. The first-order chi connectivity index (χ1) is 22.7. The lowest BCUT2D eigenvalue weighted by molar-refractivity contribution is -0.144. The number of benzene rings is 2. The zero-order valence-corrected chi connectivity index (χ0v) is 28.8. The second-order valence-electron chi connectivity index (χ2n) is 12.0. The number of alkyl carbamates (subject to hydrolysis) is 1. The summed E-state index contributed by atoms with van der Waals surface area (Å²) in [5, 5.41) is 23.4. The molecule has 0 saturated carbocycles. The molecule has 0 aliphatic carbocycles. The Hall–Kier alpha value is -4.36. The minimum Gasteiger partial charge on any atom is -0.478 e. The summed E-state index contributed by atoms with van der Waals surface area (Å²) in [4.78, 5) is 63.8. The van der Waals surface area contributed by atoms with Gasteiger partial charge in [-0.25, -0.2) is 14.4 Å². The number of carboxylic acids is 1. The molecular formula is C34H49ClN6O7. The van der Waals surface area contributed by atoms with Crippen LogP contribution in [0.5, 0.6) is 0 Å². The van der Waals surface area contributed by atoms with Gasteiger partial charge in [0.05, 0.1) is 6.04 Å². The molecule has 0 spiro atoms. The fourth-order valence-corrected chi connectivity index (χ4v) is 4.84. The summed E-state index contributed by atoms with van der Waals surface area (Å²) >= 11 is 5.98. The molecule has 14 heteroatoms. The number of urea groups is 1. The first kappa shape index (κ1) is 39.8. The molecule has 48 heavy (non-hydrogen) atoms. The van der Waals surface area contributed by atoms with E-state index < -0.39 is 47.7 Å². The summed E-state index contributed by atoms with van der Waals surface area (Å²) in [5.74, 6) is -2.79. The van der Waals surface area contributed by atoms with E-state index in [-0.39, 0.29) is 38.0 Å². The number of hydrogen-bond acceptors (Lipinski definition) is 7. The maximum absolute atomic E-state index is 13.6. The van der Waals surface area contributed by atoms with Crippen molar-refractivity contribution in [3.05, 3.63) is 70.7 Å². The molecule has 2 aromatic rings. The Labute approximate surface area is 287 Å². The third kappa shape index (κ3) is 13.8. The highest BCUT2D eigenvalue weighted by molar-refractivity contribution is 6.30. The van der Waals surface area contributed by atoms with Crippen LogP contribution in [0, 0.1) is 5.92 Å². The van der Waals surface area contributed by atoms with Crippen LogP contribution in [0.2, 0.25) is 5.02 Å². The number of amides is 5. The Morgan fingerprint density at radius 1 is 0.896 bits per heavy atom. The largest absolute Gasteiger partial charge is 0.478 e. The highest BCUT2D eigenvalue weighted by Crippen LogP contribution is 2.17. The van der Waals surface area contributed by atoms with E-state index in [9.17, 15) is 29.1 Å². The normalized spacial score (nSPS) is 14.1. The molecule has 0 bridgehead atoms. The van der Waals surface area contributed by atoms with Crippen molar-refractivity contribution < 1.29 is 33.8 Å². The molecule has 5 amide bonds.